The number of hydrogen-bond acceptors (Lipinski definition) is 6. The first-order valence-corrected chi connectivity index (χ1v) is 10.5. The van der Waals surface area contributed by atoms with Gasteiger partial charge in [-0.25, -0.2) is 4.39 Å². The van der Waals surface area contributed by atoms with Crippen LogP contribution in [-0.2, 0) is 14.3 Å². The number of likely N-dealkylation sites (tertiary alicyclic amines) is 1. The van der Waals surface area contributed by atoms with Gasteiger partial charge in [-0.05, 0) is 35.4 Å². The molecule has 2 saturated heterocycles. The van der Waals surface area contributed by atoms with Gasteiger partial charge in [0, 0.05) is 17.7 Å². The number of benzene rings is 2. The van der Waals surface area contributed by atoms with Crippen molar-refractivity contribution in [3.63, 3.8) is 0 Å². The molecule has 9 nitrogen and oxygen atoms in total. The predicted octanol–water partition coefficient (Wildman–Crippen LogP) is -0.127. The predicted molar refractivity (Wildman–Crippen MR) is 112 cm³/mol. The van der Waals surface area contributed by atoms with Gasteiger partial charge >= 0.3 is 0 Å². The largest absolute Gasteiger partial charge is 0.872 e. The van der Waals surface area contributed by atoms with Crippen LogP contribution < -0.4 is 10.0 Å². The lowest BCUT2D eigenvalue weighted by molar-refractivity contribution is -0.907. The summed E-state index contributed by atoms with van der Waals surface area (Å²) in [4.78, 5) is 38.9. The summed E-state index contributed by atoms with van der Waals surface area (Å²) in [5.41, 5.74) is 0.116. The summed E-state index contributed by atoms with van der Waals surface area (Å²) in [6, 6.07) is 9.19. The molecule has 0 aliphatic carbocycles. The van der Waals surface area contributed by atoms with Gasteiger partial charge in [-0.1, -0.05) is 17.9 Å². The summed E-state index contributed by atoms with van der Waals surface area (Å²) in [6.07, 6.45) is 0. The van der Waals surface area contributed by atoms with Gasteiger partial charge in [0.15, 0.2) is 0 Å². The molecule has 0 bridgehead atoms. The third kappa shape index (κ3) is 4.62. The van der Waals surface area contributed by atoms with Crippen molar-refractivity contribution in [3.05, 3.63) is 81.2 Å². The molecule has 1 amide bonds. The van der Waals surface area contributed by atoms with Crippen LogP contribution in [0, 0.1) is 15.9 Å². The van der Waals surface area contributed by atoms with E-state index in [0.29, 0.717) is 25.3 Å². The summed E-state index contributed by atoms with van der Waals surface area (Å²) < 4.78 is 18.7. The van der Waals surface area contributed by atoms with Crippen LogP contribution in [0.1, 0.15) is 17.2 Å². The molecule has 0 spiro atoms. The number of nitrogens with one attached hydrogen (secondary N) is 1. The minimum Gasteiger partial charge on any atom is -0.872 e. The maximum atomic E-state index is 13.3. The van der Waals surface area contributed by atoms with E-state index >= 15 is 0 Å². The van der Waals surface area contributed by atoms with Crippen LogP contribution in [0.2, 0.25) is 0 Å². The number of Topliss-reactive ketones (excluding diaryl/α,β-unsaturated/α-hetero) is 1. The Bertz CT molecular complexity index is 1090. The first-order chi connectivity index (χ1) is 15.9. The molecule has 10 heteroatoms. The number of morpholine rings is 1. The third-order valence-corrected chi connectivity index (χ3v) is 5.96. The summed E-state index contributed by atoms with van der Waals surface area (Å²) in [5, 5.41) is 24.3. The fraction of sp³-hybridized carbons (Fsp3) is 0.304. The maximum absolute atomic E-state index is 13.3. The lowest BCUT2D eigenvalue weighted by atomic mass is 9.95. The molecule has 1 unspecified atom stereocenters. The van der Waals surface area contributed by atoms with Crippen molar-refractivity contribution in [1.29, 1.82) is 0 Å². The monoisotopic (exact) mass is 455 g/mol. The number of nitro benzene ring substituents is 1. The Balaban J connectivity index is 1.74. The summed E-state index contributed by atoms with van der Waals surface area (Å²) in [5.74, 6) is -2.91. The first kappa shape index (κ1) is 22.6. The van der Waals surface area contributed by atoms with Crippen molar-refractivity contribution in [2.45, 2.75) is 6.04 Å². The standard InChI is InChI=1S/C23H22FN3O6/c24-17-5-1-16(2-6-17)21(28)19-20(15-3-7-18(8-4-15)27(31)32)26(23(30)22(19)29)10-9-25-11-13-33-14-12-25/h1-8,20,28H,9-14H2/b21-19+. The number of carbonyl (C=O) groups excluding carboxylic acids is 2. The van der Waals surface area contributed by atoms with Crippen LogP contribution in [0.25, 0.3) is 5.76 Å². The van der Waals surface area contributed by atoms with Gasteiger partial charge in [-0.15, -0.1) is 0 Å². The highest BCUT2D eigenvalue weighted by Gasteiger charge is 2.44. The number of ether oxygens (including phenoxy) is 1. The topological polar surface area (TPSA) is 117 Å². The number of hydrogen-bond donors (Lipinski definition) is 1. The van der Waals surface area contributed by atoms with Crippen molar-refractivity contribution in [2.24, 2.45) is 0 Å². The number of nitro groups is 1. The Morgan fingerprint density at radius 2 is 1.73 bits per heavy atom. The molecule has 1 N–H and O–H groups in total. The highest BCUT2D eigenvalue weighted by molar-refractivity contribution is 6.46. The number of rotatable bonds is 6. The molecule has 2 aromatic rings. The third-order valence-electron chi connectivity index (χ3n) is 5.96. The molecule has 4 rings (SSSR count). The summed E-state index contributed by atoms with van der Waals surface area (Å²) in [6.45, 7) is 3.53. The number of nitrogens with zero attached hydrogens (tertiary/aromatic N) is 2. The van der Waals surface area contributed by atoms with E-state index < -0.39 is 34.2 Å². The van der Waals surface area contributed by atoms with Gasteiger partial charge in [-0.3, -0.25) is 19.7 Å². The van der Waals surface area contributed by atoms with Gasteiger partial charge in [0.05, 0.1) is 37.3 Å². The Hall–Kier alpha value is -3.63. The van der Waals surface area contributed by atoms with Crippen molar-refractivity contribution in [2.75, 3.05) is 39.4 Å². The Morgan fingerprint density at radius 1 is 1.09 bits per heavy atom. The van der Waals surface area contributed by atoms with Gasteiger partial charge in [0.1, 0.15) is 18.9 Å². The number of quaternary nitrogens is 1. The first-order valence-electron chi connectivity index (χ1n) is 10.5. The van der Waals surface area contributed by atoms with Crippen LogP contribution in [0.5, 0.6) is 0 Å². The van der Waals surface area contributed by atoms with Gasteiger partial charge in [0.25, 0.3) is 11.6 Å². The van der Waals surface area contributed by atoms with Gasteiger partial charge in [0.2, 0.25) is 5.78 Å². The van der Waals surface area contributed by atoms with Crippen molar-refractivity contribution in [3.8, 4) is 0 Å². The lowest BCUT2D eigenvalue weighted by Gasteiger charge is -2.30. The van der Waals surface area contributed by atoms with E-state index in [4.69, 9.17) is 4.74 Å². The molecule has 2 aliphatic heterocycles. The van der Waals surface area contributed by atoms with Crippen molar-refractivity contribution < 1.29 is 33.6 Å². The van der Waals surface area contributed by atoms with E-state index in [1.54, 1.807) is 0 Å². The fourth-order valence-electron chi connectivity index (χ4n) is 4.17. The Kier molecular flexibility index (Phi) is 6.47. The zero-order valence-corrected chi connectivity index (χ0v) is 17.7. The average Bonchev–Trinajstić information content (AvgIpc) is 3.08. The second-order valence-electron chi connectivity index (χ2n) is 7.94. The minimum absolute atomic E-state index is 0.0834. The van der Waals surface area contributed by atoms with E-state index in [-0.39, 0.29) is 23.4 Å². The number of ketones is 1. The maximum Gasteiger partial charge on any atom is 0.295 e. The SMILES string of the molecule is O=C1C(=O)N(CC[NH+]2CCOCC2)C(c2ccc([N+](=O)[O-])cc2)/C1=C(\[O-])c1ccc(F)cc1. The molecule has 2 fully saturated rings. The average molecular weight is 455 g/mol. The van der Waals surface area contributed by atoms with E-state index in [0.717, 1.165) is 25.2 Å². The van der Waals surface area contributed by atoms with Crippen LogP contribution >= 0.6 is 0 Å². The number of amides is 1. The molecule has 172 valence electrons. The van der Waals surface area contributed by atoms with Crippen LogP contribution in [-0.4, -0.2) is 60.9 Å². The zero-order valence-electron chi connectivity index (χ0n) is 17.7. The smallest absolute Gasteiger partial charge is 0.295 e. The van der Waals surface area contributed by atoms with Gasteiger partial charge < -0.3 is 19.6 Å². The van der Waals surface area contributed by atoms with E-state index in [1.807, 2.05) is 0 Å². The highest BCUT2D eigenvalue weighted by atomic mass is 19.1. The van der Waals surface area contributed by atoms with E-state index in [9.17, 15) is 29.2 Å². The quantitative estimate of drug-likeness (QED) is 0.213. The van der Waals surface area contributed by atoms with E-state index in [1.165, 1.54) is 46.2 Å². The molecule has 0 saturated carbocycles. The molecular formula is C23H22FN3O6. The number of non-ortho nitro benzene ring substituents is 1. The lowest BCUT2D eigenvalue weighted by Crippen LogP contribution is -3.14. The zero-order chi connectivity index (χ0) is 23.5. The van der Waals surface area contributed by atoms with Crippen molar-refractivity contribution in [1.82, 2.24) is 4.90 Å². The second kappa shape index (κ2) is 9.47. The summed E-state index contributed by atoms with van der Waals surface area (Å²) in [7, 11) is 0. The molecule has 1 atom stereocenters. The molecule has 2 aliphatic rings. The second-order valence-corrected chi connectivity index (χ2v) is 7.94. The molecule has 0 aromatic heterocycles. The van der Waals surface area contributed by atoms with Crippen LogP contribution in [0.3, 0.4) is 0 Å². The number of carbonyl (C=O) groups is 2. The molecule has 0 radical (unpaired) electrons. The van der Waals surface area contributed by atoms with E-state index in [2.05, 4.69) is 0 Å². The Labute approximate surface area is 188 Å². The van der Waals surface area contributed by atoms with Crippen molar-refractivity contribution >= 4 is 23.1 Å². The summed E-state index contributed by atoms with van der Waals surface area (Å²) >= 11 is 0. The van der Waals surface area contributed by atoms with Gasteiger partial charge in [-0.2, -0.15) is 0 Å². The Morgan fingerprint density at radius 3 is 2.33 bits per heavy atom. The minimum atomic E-state index is -0.983. The molecule has 33 heavy (non-hydrogen) atoms. The normalized spacial score (nSPS) is 20.9. The molecule has 2 heterocycles. The fourth-order valence-corrected chi connectivity index (χ4v) is 4.17. The molecule has 2 aromatic carbocycles. The van der Waals surface area contributed by atoms with Crippen LogP contribution in [0.15, 0.2) is 54.1 Å². The van der Waals surface area contributed by atoms with Crippen LogP contribution in [0.4, 0.5) is 10.1 Å². The highest BCUT2D eigenvalue weighted by Crippen LogP contribution is 2.38. The molecular weight excluding hydrogens is 433 g/mol. The number of halogens is 1.